The van der Waals surface area contributed by atoms with Crippen molar-refractivity contribution in [1.29, 1.82) is 0 Å². The van der Waals surface area contributed by atoms with Crippen LogP contribution in [0.5, 0.6) is 0 Å². The lowest BCUT2D eigenvalue weighted by atomic mass is 10.1. The van der Waals surface area contributed by atoms with E-state index in [0.717, 1.165) is 30.0 Å². The van der Waals surface area contributed by atoms with Gasteiger partial charge in [0.2, 0.25) is 0 Å². The minimum Gasteiger partial charge on any atom is -0.349 e. The van der Waals surface area contributed by atoms with Crippen LogP contribution in [-0.2, 0) is 6.18 Å². The lowest BCUT2D eigenvalue weighted by Crippen LogP contribution is -2.79. The van der Waals surface area contributed by atoms with E-state index in [1.165, 1.54) is 5.56 Å². The average Bonchev–Trinajstić information content (AvgIpc) is 2.52. The van der Waals surface area contributed by atoms with Gasteiger partial charge in [-0.1, -0.05) is 30.3 Å². The van der Waals surface area contributed by atoms with Gasteiger partial charge in [-0.05, 0) is 29.8 Å². The van der Waals surface area contributed by atoms with Gasteiger partial charge in [0, 0.05) is 16.6 Å². The Balaban J connectivity index is 2.13. The van der Waals surface area contributed by atoms with Crippen LogP contribution in [0.2, 0.25) is 0 Å². The second-order valence-corrected chi connectivity index (χ2v) is 6.30. The van der Waals surface area contributed by atoms with Gasteiger partial charge in [-0.3, -0.25) is 0 Å². The van der Waals surface area contributed by atoms with Gasteiger partial charge in [-0.25, -0.2) is 0 Å². The number of rotatable bonds is 6. The number of alkyl halides is 3. The molecule has 0 amide bonds. The molecule has 0 aliphatic heterocycles. The Hall–Kier alpha value is -1.46. The highest BCUT2D eigenvalue weighted by atomic mass is 32.2. The quantitative estimate of drug-likeness (QED) is 0.790. The fourth-order valence-corrected chi connectivity index (χ4v) is 3.34. The summed E-state index contributed by atoms with van der Waals surface area (Å²) in [6, 6.07) is 15.5. The average molecular weight is 326 g/mol. The molecule has 2 rings (SSSR count). The molecule has 0 radical (unpaired) electrons. The lowest BCUT2D eigenvalue weighted by Gasteiger charge is -2.16. The first-order valence-corrected chi connectivity index (χ1v) is 8.05. The number of nitrogens with two attached hydrogens (primary N) is 1. The molecule has 2 N–H and O–H groups in total. The maximum Gasteiger partial charge on any atom is 0.416 e. The zero-order valence-corrected chi connectivity index (χ0v) is 13.1. The molecule has 22 heavy (non-hydrogen) atoms. The Labute approximate surface area is 132 Å². The molecule has 1 nitrogen and oxygen atoms in total. The van der Waals surface area contributed by atoms with Crippen molar-refractivity contribution < 1.29 is 18.5 Å². The third-order valence-corrected chi connectivity index (χ3v) is 4.69. The summed E-state index contributed by atoms with van der Waals surface area (Å²) in [6.45, 7) is 0.979. The molecule has 118 valence electrons. The zero-order valence-electron chi connectivity index (χ0n) is 12.3. The van der Waals surface area contributed by atoms with Crippen LogP contribution in [0.1, 0.15) is 22.8 Å². The third-order valence-electron chi connectivity index (χ3n) is 3.35. The highest BCUT2D eigenvalue weighted by Gasteiger charge is 2.30. The van der Waals surface area contributed by atoms with Gasteiger partial charge in [-0.15, -0.1) is 11.8 Å². The summed E-state index contributed by atoms with van der Waals surface area (Å²) in [4.78, 5) is 0.859. The first kappa shape index (κ1) is 16.9. The number of thioether (sulfide) groups is 1. The fraction of sp³-hybridized carbons (Fsp3) is 0.294. The number of hydrogen-bond donors (Lipinski definition) is 1. The Morgan fingerprint density at radius 1 is 1.00 bits per heavy atom. The normalized spacial score (nSPS) is 13.1. The molecular formula is C17H19F3NS+. The summed E-state index contributed by atoms with van der Waals surface area (Å²) in [5.41, 5.74) is 0.601. The van der Waals surface area contributed by atoms with Crippen molar-refractivity contribution in [2.45, 2.75) is 22.7 Å². The van der Waals surface area contributed by atoms with Gasteiger partial charge in [0.25, 0.3) is 0 Å². The molecular weight excluding hydrogens is 307 g/mol. The van der Waals surface area contributed by atoms with E-state index >= 15 is 0 Å². The third kappa shape index (κ3) is 4.78. The number of benzene rings is 2. The van der Waals surface area contributed by atoms with Crippen LogP contribution in [0.4, 0.5) is 13.2 Å². The molecule has 0 fully saturated rings. The van der Waals surface area contributed by atoms with E-state index in [0.29, 0.717) is 0 Å². The summed E-state index contributed by atoms with van der Waals surface area (Å²) in [5, 5.41) is 2.36. The SMILES string of the molecule is C[NH2+]CC[C@@H](Sc1ccc(C(F)(F)F)cc1)c1ccccc1. The van der Waals surface area contributed by atoms with Crippen LogP contribution in [0.3, 0.4) is 0 Å². The maximum absolute atomic E-state index is 12.6. The van der Waals surface area contributed by atoms with Crippen molar-refractivity contribution in [1.82, 2.24) is 0 Å². The highest BCUT2D eigenvalue weighted by molar-refractivity contribution is 7.99. The zero-order chi connectivity index (χ0) is 16.0. The van der Waals surface area contributed by atoms with E-state index in [1.54, 1.807) is 23.9 Å². The van der Waals surface area contributed by atoms with E-state index in [4.69, 9.17) is 0 Å². The first-order valence-electron chi connectivity index (χ1n) is 7.17. The Bertz CT molecular complexity index is 567. The van der Waals surface area contributed by atoms with Crippen LogP contribution in [0.25, 0.3) is 0 Å². The summed E-state index contributed by atoms with van der Waals surface area (Å²) < 4.78 is 37.8. The molecule has 0 heterocycles. The maximum atomic E-state index is 12.6. The van der Waals surface area contributed by atoms with Crippen LogP contribution in [0, 0.1) is 0 Å². The second-order valence-electron chi connectivity index (χ2n) is 5.02. The van der Waals surface area contributed by atoms with Crippen LogP contribution < -0.4 is 5.32 Å². The first-order chi connectivity index (χ1) is 10.5. The van der Waals surface area contributed by atoms with Crippen LogP contribution in [0.15, 0.2) is 59.5 Å². The van der Waals surface area contributed by atoms with Crippen molar-refractivity contribution in [3.63, 3.8) is 0 Å². The largest absolute Gasteiger partial charge is 0.416 e. The van der Waals surface area contributed by atoms with E-state index in [2.05, 4.69) is 17.4 Å². The predicted octanol–water partition coefficient (Wildman–Crippen LogP) is 4.12. The van der Waals surface area contributed by atoms with Crippen LogP contribution >= 0.6 is 11.8 Å². The molecule has 5 heteroatoms. The van der Waals surface area contributed by atoms with Gasteiger partial charge < -0.3 is 5.32 Å². The van der Waals surface area contributed by atoms with Crippen molar-refractivity contribution in [3.8, 4) is 0 Å². The van der Waals surface area contributed by atoms with Gasteiger partial charge in [0.1, 0.15) is 0 Å². The molecule has 2 aromatic carbocycles. The van der Waals surface area contributed by atoms with E-state index in [9.17, 15) is 13.2 Å². The second kappa shape index (κ2) is 7.70. The Kier molecular flexibility index (Phi) is 5.91. The van der Waals surface area contributed by atoms with Gasteiger partial charge >= 0.3 is 6.18 Å². The lowest BCUT2D eigenvalue weighted by molar-refractivity contribution is -0.627. The van der Waals surface area contributed by atoms with Gasteiger partial charge in [0.05, 0.1) is 19.2 Å². The molecule has 0 spiro atoms. The molecule has 0 bridgehead atoms. The molecule has 2 aromatic rings. The van der Waals surface area contributed by atoms with Crippen LogP contribution in [-0.4, -0.2) is 13.6 Å². The standard InChI is InChI=1S/C17H18F3NS/c1-21-12-11-16(13-5-3-2-4-6-13)22-15-9-7-14(8-10-15)17(18,19)20/h2-10,16,21H,11-12H2,1H3/p+1/t16-/m1/s1. The smallest absolute Gasteiger partial charge is 0.349 e. The van der Waals surface area contributed by atoms with Crippen molar-refractivity contribution in [3.05, 3.63) is 65.7 Å². The van der Waals surface area contributed by atoms with Gasteiger partial charge in [0.15, 0.2) is 0 Å². The highest BCUT2D eigenvalue weighted by Crippen LogP contribution is 2.38. The molecule has 0 saturated heterocycles. The summed E-state index contributed by atoms with van der Waals surface area (Å²) in [6.07, 6.45) is -3.31. The number of quaternary nitrogens is 1. The monoisotopic (exact) mass is 326 g/mol. The van der Waals surface area contributed by atoms with Crippen molar-refractivity contribution in [2.75, 3.05) is 13.6 Å². The number of hydrogen-bond acceptors (Lipinski definition) is 1. The van der Waals surface area contributed by atoms with Crippen molar-refractivity contribution >= 4 is 11.8 Å². The number of halogens is 3. The molecule has 0 aliphatic rings. The molecule has 0 aliphatic carbocycles. The minimum atomic E-state index is -4.28. The Morgan fingerprint density at radius 3 is 2.18 bits per heavy atom. The van der Waals surface area contributed by atoms with Crippen molar-refractivity contribution in [2.24, 2.45) is 0 Å². The topological polar surface area (TPSA) is 16.6 Å². The summed E-state index contributed by atoms with van der Waals surface area (Å²) >= 11 is 1.61. The van der Waals surface area contributed by atoms with Gasteiger partial charge in [-0.2, -0.15) is 13.2 Å². The van der Waals surface area contributed by atoms with E-state index < -0.39 is 11.7 Å². The molecule has 0 saturated carbocycles. The Morgan fingerprint density at radius 2 is 1.64 bits per heavy atom. The van der Waals surface area contributed by atoms with E-state index in [-0.39, 0.29) is 5.25 Å². The molecule has 0 aromatic heterocycles. The summed E-state index contributed by atoms with van der Waals surface area (Å²) in [7, 11) is 2.02. The molecule has 0 unspecified atom stereocenters. The molecule has 1 atom stereocenters. The fourth-order valence-electron chi connectivity index (χ4n) is 2.17. The predicted molar refractivity (Wildman–Crippen MR) is 83.8 cm³/mol. The minimum absolute atomic E-state index is 0.245. The van der Waals surface area contributed by atoms with E-state index in [1.807, 2.05) is 25.2 Å². The summed E-state index contributed by atoms with van der Waals surface area (Å²) in [5.74, 6) is 0.